The highest BCUT2D eigenvalue weighted by Gasteiger charge is 2.12. The topological polar surface area (TPSA) is 27.1 Å². The molecule has 0 amide bonds. The molecule has 2 rings (SSSR count). The van der Waals surface area contributed by atoms with Crippen molar-refractivity contribution in [3.8, 4) is 0 Å². The fourth-order valence-corrected chi connectivity index (χ4v) is 3.01. The van der Waals surface area contributed by atoms with E-state index in [2.05, 4.69) is 36.8 Å². The van der Waals surface area contributed by atoms with Crippen LogP contribution in [-0.4, -0.2) is 15.8 Å². The van der Waals surface area contributed by atoms with E-state index in [4.69, 9.17) is 4.74 Å². The van der Waals surface area contributed by atoms with Crippen molar-refractivity contribution in [3.63, 3.8) is 0 Å². The Morgan fingerprint density at radius 3 is 2.67 bits per heavy atom. The van der Waals surface area contributed by atoms with Crippen molar-refractivity contribution in [3.05, 3.63) is 45.1 Å². The molecule has 0 saturated heterocycles. The molecule has 0 saturated carbocycles. The first-order chi connectivity index (χ1) is 8.72. The Hall–Kier alpha value is -0.300. The van der Waals surface area contributed by atoms with Gasteiger partial charge >= 0.3 is 0 Å². The highest BCUT2D eigenvalue weighted by atomic mass is 79.9. The molecule has 0 N–H and O–H groups in total. The molecule has 0 spiro atoms. The van der Waals surface area contributed by atoms with Gasteiger partial charge in [-0.3, -0.25) is 4.57 Å². The van der Waals surface area contributed by atoms with Gasteiger partial charge in [0.2, 0.25) is 0 Å². The second-order valence-corrected chi connectivity index (χ2v) is 5.85. The van der Waals surface area contributed by atoms with Gasteiger partial charge in [-0.25, -0.2) is 4.98 Å². The standard InChI is InChI=1S/C12H12Br2N2OS/c1-18-12-15-10(13)11(14)16(12)8-17-7-9-5-3-2-4-6-9/h2-6H,7-8H2,1H3. The Morgan fingerprint density at radius 2 is 2.00 bits per heavy atom. The summed E-state index contributed by atoms with van der Waals surface area (Å²) in [5, 5.41) is 0.918. The Bertz CT molecular complexity index is 516. The highest BCUT2D eigenvalue weighted by Crippen LogP contribution is 2.28. The quantitative estimate of drug-likeness (QED) is 0.710. The molecule has 0 radical (unpaired) electrons. The molecular weight excluding hydrogens is 380 g/mol. The number of thioether (sulfide) groups is 1. The minimum Gasteiger partial charge on any atom is -0.356 e. The Labute approximate surface area is 127 Å². The lowest BCUT2D eigenvalue weighted by Gasteiger charge is -2.08. The number of halogens is 2. The first kappa shape index (κ1) is 14.1. The Morgan fingerprint density at radius 1 is 1.28 bits per heavy atom. The van der Waals surface area contributed by atoms with Crippen LogP contribution in [0.1, 0.15) is 5.56 Å². The van der Waals surface area contributed by atoms with E-state index in [0.29, 0.717) is 13.3 Å². The smallest absolute Gasteiger partial charge is 0.171 e. The molecule has 96 valence electrons. The first-order valence-electron chi connectivity index (χ1n) is 5.29. The molecule has 1 heterocycles. The van der Waals surface area contributed by atoms with Crippen molar-refractivity contribution in [1.82, 2.24) is 9.55 Å². The maximum atomic E-state index is 5.70. The first-order valence-corrected chi connectivity index (χ1v) is 8.10. The van der Waals surface area contributed by atoms with Crippen LogP contribution in [0.15, 0.2) is 44.7 Å². The summed E-state index contributed by atoms with van der Waals surface area (Å²) in [6, 6.07) is 10.1. The average Bonchev–Trinajstić information content (AvgIpc) is 2.67. The van der Waals surface area contributed by atoms with Crippen LogP contribution in [0.25, 0.3) is 0 Å². The van der Waals surface area contributed by atoms with Crippen molar-refractivity contribution in [2.24, 2.45) is 0 Å². The van der Waals surface area contributed by atoms with Crippen molar-refractivity contribution < 1.29 is 4.74 Å². The van der Waals surface area contributed by atoms with Gasteiger partial charge in [-0.2, -0.15) is 0 Å². The minimum atomic E-state index is 0.476. The van der Waals surface area contributed by atoms with Crippen molar-refractivity contribution in [2.45, 2.75) is 18.5 Å². The number of rotatable bonds is 5. The van der Waals surface area contributed by atoms with Crippen LogP contribution < -0.4 is 0 Å². The summed E-state index contributed by atoms with van der Waals surface area (Å²) < 4.78 is 9.39. The fraction of sp³-hybridized carbons (Fsp3) is 0.250. The lowest BCUT2D eigenvalue weighted by atomic mass is 10.2. The van der Waals surface area contributed by atoms with Crippen molar-refractivity contribution in [2.75, 3.05) is 6.26 Å². The molecule has 2 aromatic rings. The van der Waals surface area contributed by atoms with E-state index >= 15 is 0 Å². The molecule has 0 unspecified atom stereocenters. The van der Waals surface area contributed by atoms with E-state index in [1.54, 1.807) is 11.8 Å². The van der Waals surface area contributed by atoms with Gasteiger partial charge in [0.25, 0.3) is 0 Å². The summed E-state index contributed by atoms with van der Waals surface area (Å²) >= 11 is 8.47. The summed E-state index contributed by atoms with van der Waals surface area (Å²) in [6.07, 6.45) is 1.99. The number of hydrogen-bond acceptors (Lipinski definition) is 3. The molecule has 3 nitrogen and oxygen atoms in total. The molecule has 0 fully saturated rings. The summed E-state index contributed by atoms with van der Waals surface area (Å²) in [7, 11) is 0. The van der Waals surface area contributed by atoms with E-state index < -0.39 is 0 Å². The van der Waals surface area contributed by atoms with Gasteiger partial charge in [-0.05, 0) is 43.7 Å². The molecule has 18 heavy (non-hydrogen) atoms. The van der Waals surface area contributed by atoms with Crippen LogP contribution in [0.4, 0.5) is 0 Å². The Kier molecular flexibility index (Phi) is 5.29. The summed E-state index contributed by atoms with van der Waals surface area (Å²) in [5.41, 5.74) is 1.17. The molecule has 1 aromatic carbocycles. The number of aromatic nitrogens is 2. The maximum Gasteiger partial charge on any atom is 0.171 e. The van der Waals surface area contributed by atoms with Crippen molar-refractivity contribution >= 4 is 43.6 Å². The predicted octanol–water partition coefficient (Wildman–Crippen LogP) is 4.30. The Balaban J connectivity index is 1.98. The molecule has 0 aliphatic carbocycles. The SMILES string of the molecule is CSc1nc(Br)c(Br)n1COCc1ccccc1. The van der Waals surface area contributed by atoms with Crippen LogP contribution in [0.2, 0.25) is 0 Å². The van der Waals surface area contributed by atoms with Gasteiger partial charge < -0.3 is 4.74 Å². The van der Waals surface area contributed by atoms with E-state index in [1.807, 2.05) is 41.2 Å². The van der Waals surface area contributed by atoms with E-state index in [9.17, 15) is 0 Å². The number of imidazole rings is 1. The van der Waals surface area contributed by atoms with Gasteiger partial charge in [0.1, 0.15) is 15.9 Å². The second kappa shape index (κ2) is 6.75. The lowest BCUT2D eigenvalue weighted by Crippen LogP contribution is -2.04. The largest absolute Gasteiger partial charge is 0.356 e. The molecular formula is C12H12Br2N2OS. The van der Waals surface area contributed by atoms with Crippen LogP contribution in [0.5, 0.6) is 0 Å². The summed E-state index contributed by atoms with van der Waals surface area (Å²) in [5.74, 6) is 0. The summed E-state index contributed by atoms with van der Waals surface area (Å²) in [6.45, 7) is 1.07. The van der Waals surface area contributed by atoms with Crippen LogP contribution in [0.3, 0.4) is 0 Å². The fourth-order valence-electron chi connectivity index (χ4n) is 1.48. The van der Waals surface area contributed by atoms with E-state index in [0.717, 1.165) is 14.4 Å². The molecule has 1 aromatic heterocycles. The number of nitrogens with zero attached hydrogens (tertiary/aromatic N) is 2. The number of benzene rings is 1. The highest BCUT2D eigenvalue weighted by molar-refractivity contribution is 9.13. The van der Waals surface area contributed by atoms with Gasteiger partial charge in [-0.15, -0.1) is 0 Å². The van der Waals surface area contributed by atoms with Gasteiger partial charge in [0.05, 0.1) is 6.61 Å². The third-order valence-electron chi connectivity index (χ3n) is 2.35. The molecule has 0 bridgehead atoms. The van der Waals surface area contributed by atoms with Crippen molar-refractivity contribution in [1.29, 1.82) is 0 Å². The van der Waals surface area contributed by atoms with E-state index in [-0.39, 0.29) is 0 Å². The number of ether oxygens (including phenoxy) is 1. The third-order valence-corrected chi connectivity index (χ3v) is 4.91. The zero-order valence-electron chi connectivity index (χ0n) is 9.77. The van der Waals surface area contributed by atoms with E-state index in [1.165, 1.54) is 5.56 Å². The second-order valence-electron chi connectivity index (χ2n) is 3.57. The monoisotopic (exact) mass is 390 g/mol. The van der Waals surface area contributed by atoms with Gasteiger partial charge in [-0.1, -0.05) is 42.1 Å². The van der Waals surface area contributed by atoms with Crippen LogP contribution >= 0.6 is 43.6 Å². The predicted molar refractivity (Wildman–Crippen MR) is 80.6 cm³/mol. The molecule has 0 atom stereocenters. The molecule has 0 aliphatic rings. The maximum absolute atomic E-state index is 5.70. The van der Waals surface area contributed by atoms with Crippen LogP contribution in [-0.2, 0) is 18.1 Å². The lowest BCUT2D eigenvalue weighted by molar-refractivity contribution is 0.0573. The normalized spacial score (nSPS) is 10.8. The van der Waals surface area contributed by atoms with Crippen LogP contribution in [0, 0.1) is 0 Å². The van der Waals surface area contributed by atoms with Gasteiger partial charge in [0.15, 0.2) is 5.16 Å². The zero-order chi connectivity index (χ0) is 13.0. The third kappa shape index (κ3) is 3.38. The average molecular weight is 392 g/mol. The van der Waals surface area contributed by atoms with Gasteiger partial charge in [0, 0.05) is 0 Å². The minimum absolute atomic E-state index is 0.476. The molecule has 6 heteroatoms. The number of hydrogen-bond donors (Lipinski definition) is 0. The summed E-state index contributed by atoms with van der Waals surface area (Å²) in [4.78, 5) is 4.37. The molecule has 0 aliphatic heterocycles. The zero-order valence-corrected chi connectivity index (χ0v) is 13.8.